The Morgan fingerprint density at radius 2 is 1.94 bits per heavy atom. The molecule has 1 aliphatic heterocycles. The minimum Gasteiger partial charge on any atom is -0.272 e. The monoisotopic (exact) mass is 222 g/mol. The molecule has 0 saturated heterocycles. The zero-order valence-corrected chi connectivity index (χ0v) is 9.04. The number of rotatable bonds is 1. The molecule has 0 saturated carbocycles. The molecule has 1 heterocycles. The topological polar surface area (TPSA) is 60.5 Å². The summed E-state index contributed by atoms with van der Waals surface area (Å²) in [5.41, 5.74) is 3.72. The van der Waals surface area contributed by atoms with Crippen LogP contribution >= 0.6 is 0 Å². The summed E-state index contributed by atoms with van der Waals surface area (Å²) >= 11 is 0. The smallest absolute Gasteiger partial charge is 0.160 e. The number of benzene rings is 2. The van der Waals surface area contributed by atoms with Crippen LogP contribution in [0, 0.1) is 11.3 Å². The third-order valence-electron chi connectivity index (χ3n) is 2.95. The Bertz CT molecular complexity index is 627. The van der Waals surface area contributed by atoms with Gasteiger partial charge >= 0.3 is 0 Å². The Balaban J connectivity index is 2.07. The number of nitriles is 1. The van der Waals surface area contributed by atoms with Gasteiger partial charge in [-0.15, -0.1) is 0 Å². The lowest BCUT2D eigenvalue weighted by molar-refractivity contribution is 0.631. The predicted molar refractivity (Wildman–Crippen MR) is 64.1 cm³/mol. The molecule has 17 heavy (non-hydrogen) atoms. The lowest BCUT2D eigenvalue weighted by atomic mass is 9.98. The first-order valence-electron chi connectivity index (χ1n) is 5.42. The Hall–Kier alpha value is -2.41. The van der Waals surface area contributed by atoms with Gasteiger partial charge in [-0.2, -0.15) is 10.4 Å². The summed E-state index contributed by atoms with van der Waals surface area (Å²) in [7, 11) is 0. The van der Waals surface area contributed by atoms with Crippen LogP contribution in [-0.4, -0.2) is 6.04 Å². The average molecular weight is 222 g/mol. The van der Waals surface area contributed by atoms with Crippen LogP contribution in [0.2, 0.25) is 0 Å². The summed E-state index contributed by atoms with van der Waals surface area (Å²) in [4.78, 5) is 0. The second-order valence-electron chi connectivity index (χ2n) is 4.00. The molecule has 0 radical (unpaired) electrons. The third kappa shape index (κ3) is 1.62. The predicted octanol–water partition coefficient (Wildman–Crippen LogP) is 2.74. The van der Waals surface area contributed by atoms with E-state index >= 15 is 0 Å². The van der Waals surface area contributed by atoms with Crippen molar-refractivity contribution in [2.75, 3.05) is 0 Å². The van der Waals surface area contributed by atoms with Gasteiger partial charge in [0.05, 0.1) is 6.07 Å². The van der Waals surface area contributed by atoms with E-state index in [2.05, 4.69) is 40.0 Å². The molecule has 0 aliphatic carbocycles. The molecular weight excluding hydrogens is 212 g/mol. The molecule has 0 bridgehead atoms. The van der Waals surface area contributed by atoms with E-state index in [1.54, 1.807) is 0 Å². The van der Waals surface area contributed by atoms with Gasteiger partial charge in [0.1, 0.15) is 6.04 Å². The molecule has 82 valence electrons. The summed E-state index contributed by atoms with van der Waals surface area (Å²) in [6.45, 7) is 0. The highest BCUT2D eigenvalue weighted by Gasteiger charge is 2.26. The van der Waals surface area contributed by atoms with Crippen molar-refractivity contribution in [3.05, 3.63) is 48.0 Å². The SMILES string of the molecule is N#C[C@H]1NN=N[C@H]1c1ccc2ccccc2c1. The van der Waals surface area contributed by atoms with Gasteiger partial charge < -0.3 is 0 Å². The minimum atomic E-state index is -0.365. The minimum absolute atomic E-state index is 0.204. The van der Waals surface area contributed by atoms with Gasteiger partial charge in [-0.1, -0.05) is 41.6 Å². The first-order valence-corrected chi connectivity index (χ1v) is 5.42. The van der Waals surface area contributed by atoms with Crippen molar-refractivity contribution >= 4 is 10.8 Å². The summed E-state index contributed by atoms with van der Waals surface area (Å²) in [6, 6.07) is 15.8. The zero-order chi connectivity index (χ0) is 11.7. The van der Waals surface area contributed by atoms with Gasteiger partial charge in [0.25, 0.3) is 0 Å². The molecule has 0 fully saturated rings. The van der Waals surface area contributed by atoms with Crippen LogP contribution in [0.15, 0.2) is 52.8 Å². The Morgan fingerprint density at radius 1 is 1.12 bits per heavy atom. The van der Waals surface area contributed by atoms with E-state index < -0.39 is 0 Å². The molecule has 4 heteroatoms. The molecule has 0 unspecified atom stereocenters. The lowest BCUT2D eigenvalue weighted by Crippen LogP contribution is -2.22. The van der Waals surface area contributed by atoms with E-state index in [1.807, 2.05) is 24.3 Å². The highest BCUT2D eigenvalue weighted by atomic mass is 15.5. The molecule has 2 aromatic rings. The van der Waals surface area contributed by atoms with Crippen molar-refractivity contribution in [1.29, 1.82) is 5.26 Å². The van der Waals surface area contributed by atoms with Crippen LogP contribution < -0.4 is 5.43 Å². The highest BCUT2D eigenvalue weighted by molar-refractivity contribution is 5.83. The first-order chi connectivity index (χ1) is 8.38. The first kappa shape index (κ1) is 9.79. The number of hydrogen-bond acceptors (Lipinski definition) is 4. The number of fused-ring (bicyclic) bond motifs is 1. The molecule has 0 spiro atoms. The summed E-state index contributed by atoms with van der Waals surface area (Å²) in [5, 5.41) is 19.1. The van der Waals surface area contributed by atoms with E-state index in [0.717, 1.165) is 10.9 Å². The van der Waals surface area contributed by atoms with Gasteiger partial charge in [-0.05, 0) is 22.4 Å². The summed E-state index contributed by atoms with van der Waals surface area (Å²) in [6.07, 6.45) is 0. The fourth-order valence-corrected chi connectivity index (χ4v) is 2.05. The second kappa shape index (κ2) is 3.87. The fraction of sp³-hybridized carbons (Fsp3) is 0.154. The van der Waals surface area contributed by atoms with Gasteiger partial charge in [-0.25, -0.2) is 0 Å². The van der Waals surface area contributed by atoms with Crippen LogP contribution in [0.5, 0.6) is 0 Å². The van der Waals surface area contributed by atoms with Gasteiger partial charge in [0.2, 0.25) is 0 Å². The number of nitrogens with one attached hydrogen (secondary N) is 1. The van der Waals surface area contributed by atoms with Crippen LogP contribution in [0.25, 0.3) is 10.8 Å². The van der Waals surface area contributed by atoms with Gasteiger partial charge in [0, 0.05) is 0 Å². The average Bonchev–Trinajstić information content (AvgIpc) is 2.86. The molecular formula is C13H10N4. The van der Waals surface area contributed by atoms with E-state index in [1.165, 1.54) is 5.39 Å². The maximum atomic E-state index is 8.98. The molecule has 2 atom stereocenters. The summed E-state index contributed by atoms with van der Waals surface area (Å²) < 4.78 is 0. The van der Waals surface area contributed by atoms with Crippen molar-refractivity contribution in [3.8, 4) is 6.07 Å². The van der Waals surface area contributed by atoms with Crippen LogP contribution in [-0.2, 0) is 0 Å². The van der Waals surface area contributed by atoms with E-state index in [-0.39, 0.29) is 12.1 Å². The number of hydrogen-bond donors (Lipinski definition) is 1. The normalized spacial score (nSPS) is 22.3. The maximum Gasteiger partial charge on any atom is 0.160 e. The summed E-state index contributed by atoms with van der Waals surface area (Å²) in [5.74, 6) is 0. The van der Waals surface area contributed by atoms with Gasteiger partial charge in [0.15, 0.2) is 6.04 Å². The van der Waals surface area contributed by atoms with Crippen molar-refractivity contribution in [2.45, 2.75) is 12.1 Å². The molecule has 2 aromatic carbocycles. The van der Waals surface area contributed by atoms with E-state index in [9.17, 15) is 0 Å². The molecule has 3 rings (SSSR count). The zero-order valence-electron chi connectivity index (χ0n) is 9.04. The highest BCUT2D eigenvalue weighted by Crippen LogP contribution is 2.28. The third-order valence-corrected chi connectivity index (χ3v) is 2.95. The second-order valence-corrected chi connectivity index (χ2v) is 4.00. The molecule has 0 aromatic heterocycles. The van der Waals surface area contributed by atoms with Crippen molar-refractivity contribution in [1.82, 2.24) is 5.43 Å². The fourth-order valence-electron chi connectivity index (χ4n) is 2.05. The molecule has 0 amide bonds. The number of nitrogens with zero attached hydrogens (tertiary/aromatic N) is 3. The molecule has 4 nitrogen and oxygen atoms in total. The Labute approximate surface area is 98.6 Å². The van der Waals surface area contributed by atoms with Crippen LogP contribution in [0.3, 0.4) is 0 Å². The standard InChI is InChI=1S/C13H10N4/c14-8-12-13(16-17-15-12)11-6-5-9-3-1-2-4-10(9)7-11/h1-7,12-13H,(H,15,16)/t12-,13+/m1/s1. The van der Waals surface area contributed by atoms with E-state index in [0.29, 0.717) is 0 Å². The maximum absolute atomic E-state index is 8.98. The largest absolute Gasteiger partial charge is 0.272 e. The van der Waals surface area contributed by atoms with Crippen LogP contribution in [0.4, 0.5) is 0 Å². The molecule has 1 aliphatic rings. The Kier molecular flexibility index (Phi) is 2.23. The quantitative estimate of drug-likeness (QED) is 0.806. The van der Waals surface area contributed by atoms with Crippen molar-refractivity contribution < 1.29 is 0 Å². The van der Waals surface area contributed by atoms with Crippen LogP contribution in [0.1, 0.15) is 11.6 Å². The molecule has 1 N–H and O–H groups in total. The van der Waals surface area contributed by atoms with Crippen molar-refractivity contribution in [2.24, 2.45) is 10.3 Å². The van der Waals surface area contributed by atoms with E-state index in [4.69, 9.17) is 5.26 Å². The van der Waals surface area contributed by atoms with Gasteiger partial charge in [-0.3, -0.25) is 5.43 Å². The lowest BCUT2D eigenvalue weighted by Gasteiger charge is -2.10. The van der Waals surface area contributed by atoms with Crippen molar-refractivity contribution in [3.63, 3.8) is 0 Å². The Morgan fingerprint density at radius 3 is 2.76 bits per heavy atom.